The summed E-state index contributed by atoms with van der Waals surface area (Å²) in [5.41, 5.74) is 0. The molecule has 0 radical (unpaired) electrons. The standard InChI is InChI=1S/C17H34N4.HI/c1-3-11-21-12-9-15(10-13-21)14-19-17(18-4-2)20-16-7-5-6-8-16;/h15-16H,3-14H2,1-2H3,(H2,18,19,20);1H. The molecule has 1 heterocycles. The highest BCUT2D eigenvalue weighted by Crippen LogP contribution is 2.19. The zero-order valence-electron chi connectivity index (χ0n) is 14.4. The molecule has 0 spiro atoms. The van der Waals surface area contributed by atoms with Crippen LogP contribution in [-0.2, 0) is 0 Å². The third-order valence-corrected chi connectivity index (χ3v) is 4.79. The topological polar surface area (TPSA) is 39.7 Å². The van der Waals surface area contributed by atoms with Crippen LogP contribution in [-0.4, -0.2) is 49.6 Å². The number of rotatable bonds is 6. The molecule has 1 saturated heterocycles. The predicted molar refractivity (Wildman–Crippen MR) is 106 cm³/mol. The Morgan fingerprint density at radius 3 is 2.36 bits per heavy atom. The summed E-state index contributed by atoms with van der Waals surface area (Å²) >= 11 is 0. The van der Waals surface area contributed by atoms with Gasteiger partial charge in [0.25, 0.3) is 0 Å². The van der Waals surface area contributed by atoms with Crippen molar-refractivity contribution in [3.8, 4) is 0 Å². The zero-order valence-corrected chi connectivity index (χ0v) is 16.8. The van der Waals surface area contributed by atoms with E-state index in [1.54, 1.807) is 0 Å². The predicted octanol–water partition coefficient (Wildman–Crippen LogP) is 3.22. The molecule has 0 aromatic carbocycles. The zero-order chi connectivity index (χ0) is 14.9. The molecule has 2 rings (SSSR count). The molecule has 0 unspecified atom stereocenters. The summed E-state index contributed by atoms with van der Waals surface area (Å²) in [6.07, 6.45) is 9.25. The maximum absolute atomic E-state index is 4.85. The van der Waals surface area contributed by atoms with Gasteiger partial charge in [0, 0.05) is 19.1 Å². The van der Waals surface area contributed by atoms with E-state index in [0.717, 1.165) is 25.0 Å². The van der Waals surface area contributed by atoms with Gasteiger partial charge >= 0.3 is 0 Å². The molecular formula is C17H35IN4. The van der Waals surface area contributed by atoms with Crippen LogP contribution in [0.1, 0.15) is 58.8 Å². The quantitative estimate of drug-likeness (QED) is 0.392. The molecular weight excluding hydrogens is 387 g/mol. The Labute approximate surface area is 153 Å². The monoisotopic (exact) mass is 422 g/mol. The first kappa shape index (κ1) is 20.0. The molecule has 2 fully saturated rings. The Morgan fingerprint density at radius 2 is 1.77 bits per heavy atom. The highest BCUT2D eigenvalue weighted by molar-refractivity contribution is 14.0. The molecule has 2 aliphatic rings. The van der Waals surface area contributed by atoms with Gasteiger partial charge in [-0.1, -0.05) is 19.8 Å². The molecule has 0 aromatic heterocycles. The van der Waals surface area contributed by atoms with Gasteiger partial charge in [-0.05, 0) is 64.6 Å². The number of halogens is 1. The van der Waals surface area contributed by atoms with Gasteiger partial charge in [-0.2, -0.15) is 0 Å². The molecule has 1 saturated carbocycles. The minimum absolute atomic E-state index is 0. The van der Waals surface area contributed by atoms with E-state index in [1.807, 2.05) is 0 Å². The number of aliphatic imine (C=N–C) groups is 1. The second kappa shape index (κ2) is 11.5. The number of likely N-dealkylation sites (tertiary alicyclic amines) is 1. The molecule has 4 nitrogen and oxygen atoms in total. The first-order valence-electron chi connectivity index (χ1n) is 9.09. The first-order chi connectivity index (χ1) is 10.3. The normalized spacial score (nSPS) is 21.6. The van der Waals surface area contributed by atoms with Gasteiger partial charge in [-0.25, -0.2) is 0 Å². The van der Waals surface area contributed by atoms with Crippen LogP contribution in [0.15, 0.2) is 4.99 Å². The van der Waals surface area contributed by atoms with E-state index in [2.05, 4.69) is 29.4 Å². The summed E-state index contributed by atoms with van der Waals surface area (Å²) in [6.45, 7) is 10.2. The Morgan fingerprint density at radius 1 is 1.09 bits per heavy atom. The largest absolute Gasteiger partial charge is 0.357 e. The number of nitrogens with one attached hydrogen (secondary N) is 2. The molecule has 5 heteroatoms. The van der Waals surface area contributed by atoms with Crippen molar-refractivity contribution in [2.45, 2.75) is 64.8 Å². The molecule has 22 heavy (non-hydrogen) atoms. The Balaban J connectivity index is 0.00000242. The van der Waals surface area contributed by atoms with Gasteiger partial charge in [-0.15, -0.1) is 24.0 Å². The van der Waals surface area contributed by atoms with Gasteiger partial charge < -0.3 is 15.5 Å². The second-order valence-electron chi connectivity index (χ2n) is 6.63. The second-order valence-corrected chi connectivity index (χ2v) is 6.63. The van der Waals surface area contributed by atoms with Gasteiger partial charge in [0.15, 0.2) is 5.96 Å². The van der Waals surface area contributed by atoms with E-state index in [-0.39, 0.29) is 24.0 Å². The number of hydrogen-bond donors (Lipinski definition) is 2. The fraction of sp³-hybridized carbons (Fsp3) is 0.941. The number of hydrogen-bond acceptors (Lipinski definition) is 2. The fourth-order valence-corrected chi connectivity index (χ4v) is 3.51. The summed E-state index contributed by atoms with van der Waals surface area (Å²) < 4.78 is 0. The van der Waals surface area contributed by atoms with Crippen molar-refractivity contribution >= 4 is 29.9 Å². The highest BCUT2D eigenvalue weighted by Gasteiger charge is 2.19. The first-order valence-corrected chi connectivity index (χ1v) is 9.09. The smallest absolute Gasteiger partial charge is 0.191 e. The Hall–Kier alpha value is -0.0400. The lowest BCUT2D eigenvalue weighted by Crippen LogP contribution is -2.43. The van der Waals surface area contributed by atoms with Crippen LogP contribution in [0.5, 0.6) is 0 Å². The van der Waals surface area contributed by atoms with Gasteiger partial charge in [0.1, 0.15) is 0 Å². The van der Waals surface area contributed by atoms with Crippen molar-refractivity contribution in [3.05, 3.63) is 0 Å². The van der Waals surface area contributed by atoms with Crippen molar-refractivity contribution in [2.24, 2.45) is 10.9 Å². The van der Waals surface area contributed by atoms with Crippen LogP contribution in [0.3, 0.4) is 0 Å². The summed E-state index contributed by atoms with van der Waals surface area (Å²) in [6, 6.07) is 0.647. The molecule has 1 aliphatic heterocycles. The van der Waals surface area contributed by atoms with Gasteiger partial charge in [0.05, 0.1) is 0 Å². The summed E-state index contributed by atoms with van der Waals surface area (Å²) in [7, 11) is 0. The SMILES string of the molecule is CCCN1CCC(CN=C(NCC)NC2CCCC2)CC1.I. The van der Waals surface area contributed by atoms with Gasteiger partial charge in [0.2, 0.25) is 0 Å². The van der Waals surface area contributed by atoms with E-state index in [9.17, 15) is 0 Å². The van der Waals surface area contributed by atoms with Crippen LogP contribution >= 0.6 is 24.0 Å². The average Bonchev–Trinajstić information content (AvgIpc) is 3.00. The lowest BCUT2D eigenvalue weighted by atomic mass is 9.97. The maximum Gasteiger partial charge on any atom is 0.191 e. The summed E-state index contributed by atoms with van der Waals surface area (Å²) in [4.78, 5) is 7.45. The Bertz CT molecular complexity index is 308. The molecule has 0 amide bonds. The molecule has 0 aromatic rings. The van der Waals surface area contributed by atoms with Crippen LogP contribution in [0.25, 0.3) is 0 Å². The lowest BCUT2D eigenvalue weighted by Gasteiger charge is -2.31. The van der Waals surface area contributed by atoms with E-state index < -0.39 is 0 Å². The summed E-state index contributed by atoms with van der Waals surface area (Å²) in [5.74, 6) is 1.82. The van der Waals surface area contributed by atoms with E-state index in [1.165, 1.54) is 64.6 Å². The van der Waals surface area contributed by atoms with Crippen molar-refractivity contribution in [1.82, 2.24) is 15.5 Å². The van der Waals surface area contributed by atoms with Crippen LogP contribution < -0.4 is 10.6 Å². The third kappa shape index (κ3) is 7.02. The van der Waals surface area contributed by atoms with E-state index >= 15 is 0 Å². The average molecular weight is 422 g/mol. The van der Waals surface area contributed by atoms with Crippen molar-refractivity contribution in [2.75, 3.05) is 32.7 Å². The minimum atomic E-state index is 0. The minimum Gasteiger partial charge on any atom is -0.357 e. The van der Waals surface area contributed by atoms with Gasteiger partial charge in [-0.3, -0.25) is 4.99 Å². The van der Waals surface area contributed by atoms with Crippen molar-refractivity contribution in [3.63, 3.8) is 0 Å². The highest BCUT2D eigenvalue weighted by atomic mass is 127. The van der Waals surface area contributed by atoms with Crippen LogP contribution in [0.2, 0.25) is 0 Å². The van der Waals surface area contributed by atoms with E-state index in [4.69, 9.17) is 4.99 Å². The molecule has 130 valence electrons. The van der Waals surface area contributed by atoms with E-state index in [0.29, 0.717) is 6.04 Å². The number of nitrogens with zero attached hydrogens (tertiary/aromatic N) is 2. The Kier molecular flexibility index (Phi) is 10.4. The molecule has 2 N–H and O–H groups in total. The molecule has 1 aliphatic carbocycles. The van der Waals surface area contributed by atoms with Crippen LogP contribution in [0, 0.1) is 5.92 Å². The lowest BCUT2D eigenvalue weighted by molar-refractivity contribution is 0.188. The maximum atomic E-state index is 4.85. The number of guanidine groups is 1. The van der Waals surface area contributed by atoms with Crippen LogP contribution in [0.4, 0.5) is 0 Å². The molecule has 0 atom stereocenters. The summed E-state index contributed by atoms with van der Waals surface area (Å²) in [5, 5.41) is 7.02. The fourth-order valence-electron chi connectivity index (χ4n) is 3.51. The molecule has 0 bridgehead atoms. The van der Waals surface area contributed by atoms with Crippen molar-refractivity contribution in [1.29, 1.82) is 0 Å². The number of piperidine rings is 1. The van der Waals surface area contributed by atoms with Crippen molar-refractivity contribution < 1.29 is 0 Å². The third-order valence-electron chi connectivity index (χ3n) is 4.79.